The summed E-state index contributed by atoms with van der Waals surface area (Å²) in [7, 11) is 0. The Morgan fingerprint density at radius 2 is 2.08 bits per heavy atom. The maximum Gasteiger partial charge on any atom is 0.0432 e. The highest BCUT2D eigenvalue weighted by molar-refractivity contribution is 6.30. The minimum Gasteiger partial charge on any atom is -0.323 e. The van der Waals surface area contributed by atoms with Crippen LogP contribution in [0.15, 0.2) is 24.3 Å². The predicted octanol–water partition coefficient (Wildman–Crippen LogP) is 3.00. The van der Waals surface area contributed by atoms with E-state index in [9.17, 15) is 0 Å². The predicted molar refractivity (Wildman–Crippen MR) is 56.3 cm³/mol. The van der Waals surface area contributed by atoms with Crippen LogP contribution in [0.3, 0.4) is 0 Å². The van der Waals surface area contributed by atoms with Crippen LogP contribution in [0.1, 0.15) is 11.6 Å². The highest BCUT2D eigenvalue weighted by Crippen LogP contribution is 2.16. The van der Waals surface area contributed by atoms with E-state index < -0.39 is 0 Å². The smallest absolute Gasteiger partial charge is 0.0432 e. The molecule has 68 valence electrons. The molecule has 2 N–H and O–H groups in total. The minimum atomic E-state index is -0.115. The summed E-state index contributed by atoms with van der Waals surface area (Å²) in [5, 5.41) is 0.697. The molecule has 0 radical (unpaired) electrons. The normalized spacial score (nSPS) is 11.9. The first-order valence-electron chi connectivity index (χ1n) is 3.31. The molecule has 1 rings (SSSR count). The highest BCUT2D eigenvalue weighted by atomic mass is 35.5. The second kappa shape index (κ2) is 5.65. The van der Waals surface area contributed by atoms with Crippen molar-refractivity contribution >= 4 is 35.6 Å². The maximum atomic E-state index is 5.75. The first-order valence-corrected chi connectivity index (χ1v) is 4.22. The fourth-order valence-electron chi connectivity index (χ4n) is 0.826. The second-order valence-corrected chi connectivity index (χ2v) is 3.06. The first kappa shape index (κ1) is 12.0. The van der Waals surface area contributed by atoms with Gasteiger partial charge in [0.05, 0.1) is 0 Å². The highest BCUT2D eigenvalue weighted by Gasteiger charge is 2.02. The van der Waals surface area contributed by atoms with E-state index in [1.54, 1.807) is 0 Å². The molecule has 12 heavy (non-hydrogen) atoms. The summed E-state index contributed by atoms with van der Waals surface area (Å²) < 4.78 is 0. The summed E-state index contributed by atoms with van der Waals surface area (Å²) in [5.41, 5.74) is 6.65. The molecule has 1 unspecified atom stereocenters. The summed E-state index contributed by atoms with van der Waals surface area (Å²) in [5.74, 6) is 0.417. The molecule has 0 aromatic heterocycles. The van der Waals surface area contributed by atoms with Gasteiger partial charge in [-0.05, 0) is 17.7 Å². The maximum absolute atomic E-state index is 5.75. The molecule has 4 heteroatoms. The van der Waals surface area contributed by atoms with Crippen LogP contribution in [0.4, 0.5) is 0 Å². The molecule has 0 heterocycles. The van der Waals surface area contributed by atoms with E-state index in [4.69, 9.17) is 28.9 Å². The van der Waals surface area contributed by atoms with Gasteiger partial charge in [-0.3, -0.25) is 0 Å². The van der Waals surface area contributed by atoms with Crippen molar-refractivity contribution in [3.05, 3.63) is 34.9 Å². The van der Waals surface area contributed by atoms with Crippen molar-refractivity contribution in [2.75, 3.05) is 5.88 Å². The lowest BCUT2D eigenvalue weighted by Crippen LogP contribution is -2.11. The van der Waals surface area contributed by atoms with Gasteiger partial charge in [0, 0.05) is 16.9 Å². The third-order valence-corrected chi connectivity index (χ3v) is 2.01. The average Bonchev–Trinajstić information content (AvgIpc) is 2.03. The molecule has 0 aliphatic carbocycles. The van der Waals surface area contributed by atoms with E-state index >= 15 is 0 Å². The molecule has 0 saturated carbocycles. The van der Waals surface area contributed by atoms with E-state index in [0.29, 0.717) is 10.9 Å². The molecular weight excluding hydrogens is 216 g/mol. The molecule has 0 spiro atoms. The van der Waals surface area contributed by atoms with Crippen molar-refractivity contribution in [3.8, 4) is 0 Å². The fraction of sp³-hybridized carbons (Fsp3) is 0.250. The van der Waals surface area contributed by atoms with Gasteiger partial charge in [0.1, 0.15) is 0 Å². The van der Waals surface area contributed by atoms with Crippen molar-refractivity contribution in [2.24, 2.45) is 5.73 Å². The topological polar surface area (TPSA) is 26.0 Å². The molecule has 1 aromatic carbocycles. The molecule has 1 aromatic rings. The number of nitrogens with two attached hydrogens (primary N) is 1. The van der Waals surface area contributed by atoms with Crippen LogP contribution in [0.2, 0.25) is 5.02 Å². The van der Waals surface area contributed by atoms with E-state index in [2.05, 4.69) is 0 Å². The van der Waals surface area contributed by atoms with Gasteiger partial charge in [-0.15, -0.1) is 24.0 Å². The van der Waals surface area contributed by atoms with Crippen molar-refractivity contribution < 1.29 is 0 Å². The molecule has 1 nitrogen and oxygen atoms in total. The van der Waals surface area contributed by atoms with Crippen LogP contribution in [0.5, 0.6) is 0 Å². The molecule has 0 saturated heterocycles. The Hall–Kier alpha value is 0.0500. The van der Waals surface area contributed by atoms with Crippen molar-refractivity contribution in [1.82, 2.24) is 0 Å². The Balaban J connectivity index is 0.00000121. The van der Waals surface area contributed by atoms with Crippen LogP contribution in [0, 0.1) is 0 Å². The molecule has 0 aliphatic rings. The first-order chi connectivity index (χ1) is 5.24. The Bertz CT molecular complexity index is 239. The van der Waals surface area contributed by atoms with Gasteiger partial charge in [-0.25, -0.2) is 0 Å². The SMILES string of the molecule is Cl.NC(CCl)c1cccc(Cl)c1. The van der Waals surface area contributed by atoms with Gasteiger partial charge in [-0.1, -0.05) is 23.7 Å². The van der Waals surface area contributed by atoms with Crippen LogP contribution in [0.25, 0.3) is 0 Å². The fourth-order valence-corrected chi connectivity index (χ4v) is 1.20. The van der Waals surface area contributed by atoms with Gasteiger partial charge in [-0.2, -0.15) is 0 Å². The molecule has 0 fully saturated rings. The molecule has 1 atom stereocenters. The number of benzene rings is 1. The Kier molecular flexibility index (Phi) is 5.68. The largest absolute Gasteiger partial charge is 0.323 e. The summed E-state index contributed by atoms with van der Waals surface area (Å²) >= 11 is 11.3. The Morgan fingerprint density at radius 1 is 1.42 bits per heavy atom. The monoisotopic (exact) mass is 225 g/mol. The van der Waals surface area contributed by atoms with Gasteiger partial charge in [0.25, 0.3) is 0 Å². The van der Waals surface area contributed by atoms with Crippen LogP contribution < -0.4 is 5.73 Å². The van der Waals surface area contributed by atoms with Crippen LogP contribution in [-0.2, 0) is 0 Å². The number of hydrogen-bond acceptors (Lipinski definition) is 1. The quantitative estimate of drug-likeness (QED) is 0.771. The summed E-state index contributed by atoms with van der Waals surface area (Å²) in [6.07, 6.45) is 0. The molecule has 0 aliphatic heterocycles. The zero-order valence-electron chi connectivity index (χ0n) is 6.34. The second-order valence-electron chi connectivity index (χ2n) is 2.32. The lowest BCUT2D eigenvalue weighted by molar-refractivity contribution is 0.826. The summed E-state index contributed by atoms with van der Waals surface area (Å²) in [6, 6.07) is 7.30. The molecular formula is C8H10Cl3N. The number of hydrogen-bond donors (Lipinski definition) is 1. The Morgan fingerprint density at radius 3 is 2.58 bits per heavy atom. The minimum absolute atomic E-state index is 0. The standard InChI is InChI=1S/C8H9Cl2N.ClH/c9-5-8(11)6-2-1-3-7(10)4-6;/h1-4,8H,5,11H2;1H. The van der Waals surface area contributed by atoms with Crippen LogP contribution in [-0.4, -0.2) is 5.88 Å². The van der Waals surface area contributed by atoms with Gasteiger partial charge in [0.2, 0.25) is 0 Å². The zero-order chi connectivity index (χ0) is 8.27. The lowest BCUT2D eigenvalue weighted by Gasteiger charge is -2.07. The molecule has 0 bridgehead atoms. The van der Waals surface area contributed by atoms with Crippen molar-refractivity contribution in [3.63, 3.8) is 0 Å². The number of alkyl halides is 1. The van der Waals surface area contributed by atoms with Gasteiger partial charge in [0.15, 0.2) is 0 Å². The third kappa shape index (κ3) is 3.20. The van der Waals surface area contributed by atoms with Crippen molar-refractivity contribution in [2.45, 2.75) is 6.04 Å². The van der Waals surface area contributed by atoms with E-state index in [1.165, 1.54) is 0 Å². The number of halogens is 3. The van der Waals surface area contributed by atoms with Gasteiger partial charge < -0.3 is 5.73 Å². The lowest BCUT2D eigenvalue weighted by atomic mass is 10.1. The zero-order valence-corrected chi connectivity index (χ0v) is 8.66. The third-order valence-electron chi connectivity index (χ3n) is 1.44. The van der Waals surface area contributed by atoms with E-state index in [-0.39, 0.29) is 18.4 Å². The van der Waals surface area contributed by atoms with E-state index in [0.717, 1.165) is 5.56 Å². The summed E-state index contributed by atoms with van der Waals surface area (Å²) in [4.78, 5) is 0. The van der Waals surface area contributed by atoms with Crippen LogP contribution >= 0.6 is 35.6 Å². The van der Waals surface area contributed by atoms with Gasteiger partial charge >= 0.3 is 0 Å². The molecule has 0 amide bonds. The van der Waals surface area contributed by atoms with E-state index in [1.807, 2.05) is 24.3 Å². The summed E-state index contributed by atoms with van der Waals surface area (Å²) in [6.45, 7) is 0. The van der Waals surface area contributed by atoms with Crippen molar-refractivity contribution in [1.29, 1.82) is 0 Å². The Labute approximate surface area is 88.3 Å². The number of rotatable bonds is 2. The average molecular weight is 227 g/mol.